The van der Waals surface area contributed by atoms with Crippen molar-refractivity contribution in [1.82, 2.24) is 10.2 Å². The molecule has 4 rings (SSSR count). The zero-order chi connectivity index (χ0) is 16.4. The predicted octanol–water partition coefficient (Wildman–Crippen LogP) is 3.52. The van der Waals surface area contributed by atoms with Crippen LogP contribution in [0.2, 0.25) is 0 Å². The van der Waals surface area contributed by atoms with Crippen LogP contribution in [0.3, 0.4) is 0 Å². The Kier molecular flexibility index (Phi) is 4.83. The van der Waals surface area contributed by atoms with Gasteiger partial charge in [0.05, 0.1) is 0 Å². The highest BCUT2D eigenvalue weighted by atomic mass is 16.5. The van der Waals surface area contributed by atoms with Crippen LogP contribution in [-0.4, -0.2) is 44.3 Å². The first-order chi connectivity index (χ1) is 11.8. The predicted molar refractivity (Wildman–Crippen MR) is 99.4 cm³/mol. The summed E-state index contributed by atoms with van der Waals surface area (Å²) in [7, 11) is 0. The standard InChI is InChI=1S/C21H28N2O/c1-16-6-7-20(19-5-3-2-4-18(16)19)21(17-8-14-24-15-9-17)23-12-10-22-11-13-23/h2-7,17,21-22H,8-15H2,1H3/t21-/m1/s1. The monoisotopic (exact) mass is 324 g/mol. The Morgan fingerprint density at radius 1 is 1.00 bits per heavy atom. The van der Waals surface area contributed by atoms with Crippen LogP contribution in [0.15, 0.2) is 36.4 Å². The second kappa shape index (κ2) is 7.22. The molecule has 0 unspecified atom stereocenters. The zero-order valence-corrected chi connectivity index (χ0v) is 14.6. The molecule has 128 valence electrons. The van der Waals surface area contributed by atoms with E-state index in [0.717, 1.165) is 39.4 Å². The van der Waals surface area contributed by atoms with Crippen molar-refractivity contribution < 1.29 is 4.74 Å². The first-order valence-electron chi connectivity index (χ1n) is 9.35. The molecule has 2 saturated heterocycles. The lowest BCUT2D eigenvalue weighted by Gasteiger charge is -2.41. The van der Waals surface area contributed by atoms with Gasteiger partial charge in [-0.3, -0.25) is 4.90 Å². The number of ether oxygens (including phenoxy) is 1. The van der Waals surface area contributed by atoms with Crippen molar-refractivity contribution in [2.24, 2.45) is 5.92 Å². The van der Waals surface area contributed by atoms with Crippen LogP contribution < -0.4 is 5.32 Å². The molecule has 0 spiro atoms. The van der Waals surface area contributed by atoms with Crippen molar-refractivity contribution in [3.63, 3.8) is 0 Å². The van der Waals surface area contributed by atoms with E-state index < -0.39 is 0 Å². The van der Waals surface area contributed by atoms with Crippen LogP contribution in [0.1, 0.15) is 30.0 Å². The molecule has 0 saturated carbocycles. The lowest BCUT2D eigenvalue weighted by atomic mass is 9.83. The highest BCUT2D eigenvalue weighted by molar-refractivity contribution is 5.89. The Hall–Kier alpha value is -1.42. The van der Waals surface area contributed by atoms with Crippen molar-refractivity contribution in [3.8, 4) is 0 Å². The summed E-state index contributed by atoms with van der Waals surface area (Å²) in [5, 5.41) is 6.35. The maximum Gasteiger partial charge on any atom is 0.0469 e. The summed E-state index contributed by atoms with van der Waals surface area (Å²) in [6.07, 6.45) is 2.35. The Balaban J connectivity index is 1.79. The smallest absolute Gasteiger partial charge is 0.0469 e. The molecule has 2 heterocycles. The minimum Gasteiger partial charge on any atom is -0.381 e. The molecule has 0 radical (unpaired) electrons. The molecule has 3 nitrogen and oxygen atoms in total. The molecule has 2 aliphatic rings. The molecule has 3 heteroatoms. The van der Waals surface area contributed by atoms with E-state index in [2.05, 4.69) is 53.5 Å². The molecule has 0 aliphatic carbocycles. The number of nitrogens with one attached hydrogen (secondary N) is 1. The molecule has 1 atom stereocenters. The maximum absolute atomic E-state index is 5.65. The van der Waals surface area contributed by atoms with E-state index in [1.165, 1.54) is 34.7 Å². The molecule has 0 aromatic heterocycles. The molecule has 0 bridgehead atoms. The van der Waals surface area contributed by atoms with Gasteiger partial charge in [0.25, 0.3) is 0 Å². The van der Waals surface area contributed by atoms with Crippen molar-refractivity contribution in [2.45, 2.75) is 25.8 Å². The first-order valence-corrected chi connectivity index (χ1v) is 9.35. The number of rotatable bonds is 3. The SMILES string of the molecule is Cc1ccc([C@@H](C2CCOCC2)N2CCNCC2)c2ccccc12. The molecular weight excluding hydrogens is 296 g/mol. The van der Waals surface area contributed by atoms with Gasteiger partial charge in [-0.25, -0.2) is 0 Å². The van der Waals surface area contributed by atoms with Crippen LogP contribution >= 0.6 is 0 Å². The van der Waals surface area contributed by atoms with Gasteiger partial charge in [-0.2, -0.15) is 0 Å². The van der Waals surface area contributed by atoms with Gasteiger partial charge in [0.1, 0.15) is 0 Å². The molecule has 1 N–H and O–H groups in total. The van der Waals surface area contributed by atoms with E-state index in [4.69, 9.17) is 4.74 Å². The second-order valence-electron chi connectivity index (χ2n) is 7.20. The molecule has 2 aromatic carbocycles. The van der Waals surface area contributed by atoms with E-state index in [9.17, 15) is 0 Å². The lowest BCUT2D eigenvalue weighted by Crippen LogP contribution is -2.47. The van der Waals surface area contributed by atoms with E-state index >= 15 is 0 Å². The number of hydrogen-bond acceptors (Lipinski definition) is 3. The van der Waals surface area contributed by atoms with Crippen molar-refractivity contribution >= 4 is 10.8 Å². The van der Waals surface area contributed by atoms with Gasteiger partial charge in [0.2, 0.25) is 0 Å². The summed E-state index contributed by atoms with van der Waals surface area (Å²) >= 11 is 0. The first kappa shape index (κ1) is 16.1. The zero-order valence-electron chi connectivity index (χ0n) is 14.6. The third-order valence-corrected chi connectivity index (χ3v) is 5.75. The van der Waals surface area contributed by atoms with Gasteiger partial charge in [0.15, 0.2) is 0 Å². The summed E-state index contributed by atoms with van der Waals surface area (Å²) in [5.41, 5.74) is 2.89. The van der Waals surface area contributed by atoms with Crippen LogP contribution in [0.25, 0.3) is 10.8 Å². The minimum atomic E-state index is 0.515. The van der Waals surface area contributed by atoms with E-state index in [-0.39, 0.29) is 0 Å². The summed E-state index contributed by atoms with van der Waals surface area (Å²) in [6.45, 7) is 8.54. The molecular formula is C21H28N2O. The van der Waals surface area contributed by atoms with Crippen LogP contribution in [-0.2, 0) is 4.74 Å². The Morgan fingerprint density at radius 2 is 1.71 bits per heavy atom. The van der Waals surface area contributed by atoms with Crippen LogP contribution in [0.5, 0.6) is 0 Å². The van der Waals surface area contributed by atoms with Crippen molar-refractivity contribution in [3.05, 3.63) is 47.5 Å². The quantitative estimate of drug-likeness (QED) is 0.935. The minimum absolute atomic E-state index is 0.515. The fourth-order valence-electron chi connectivity index (χ4n) is 4.47. The van der Waals surface area contributed by atoms with Crippen LogP contribution in [0.4, 0.5) is 0 Å². The summed E-state index contributed by atoms with van der Waals surface area (Å²) in [6, 6.07) is 14.1. The number of hydrogen-bond donors (Lipinski definition) is 1. The van der Waals surface area contributed by atoms with Crippen molar-refractivity contribution in [1.29, 1.82) is 0 Å². The molecule has 2 aromatic rings. The van der Waals surface area contributed by atoms with Crippen molar-refractivity contribution in [2.75, 3.05) is 39.4 Å². The Labute approximate surface area is 145 Å². The molecule has 24 heavy (non-hydrogen) atoms. The lowest BCUT2D eigenvalue weighted by molar-refractivity contribution is 0.0217. The maximum atomic E-state index is 5.65. The van der Waals surface area contributed by atoms with Gasteiger partial charge in [-0.05, 0) is 47.6 Å². The summed E-state index contributed by atoms with van der Waals surface area (Å²) in [5.74, 6) is 0.697. The highest BCUT2D eigenvalue weighted by Crippen LogP contribution is 2.39. The van der Waals surface area contributed by atoms with Gasteiger partial charge in [-0.15, -0.1) is 0 Å². The van der Waals surface area contributed by atoms with Gasteiger partial charge >= 0.3 is 0 Å². The molecule has 0 amide bonds. The number of benzene rings is 2. The average molecular weight is 324 g/mol. The summed E-state index contributed by atoms with van der Waals surface area (Å²) in [4.78, 5) is 2.71. The highest BCUT2D eigenvalue weighted by Gasteiger charge is 2.32. The number of nitrogens with zero attached hydrogens (tertiary/aromatic N) is 1. The average Bonchev–Trinajstić information content (AvgIpc) is 2.66. The second-order valence-corrected chi connectivity index (χ2v) is 7.20. The van der Waals surface area contributed by atoms with E-state index in [1.54, 1.807) is 0 Å². The van der Waals surface area contributed by atoms with E-state index in [1.807, 2.05) is 0 Å². The van der Waals surface area contributed by atoms with Gasteiger partial charge < -0.3 is 10.1 Å². The Bertz CT molecular complexity index is 669. The van der Waals surface area contributed by atoms with Gasteiger partial charge in [-0.1, -0.05) is 36.4 Å². The third kappa shape index (κ3) is 3.08. The number of aryl methyl sites for hydroxylation is 1. The number of fused-ring (bicyclic) bond motifs is 1. The molecule has 2 aliphatic heterocycles. The third-order valence-electron chi connectivity index (χ3n) is 5.75. The number of piperazine rings is 1. The topological polar surface area (TPSA) is 24.5 Å². The summed E-state index contributed by atoms with van der Waals surface area (Å²) < 4.78 is 5.65. The fraction of sp³-hybridized carbons (Fsp3) is 0.524. The largest absolute Gasteiger partial charge is 0.381 e. The fourth-order valence-corrected chi connectivity index (χ4v) is 4.47. The molecule has 2 fully saturated rings. The van der Waals surface area contributed by atoms with Crippen LogP contribution in [0, 0.1) is 12.8 Å². The van der Waals surface area contributed by atoms with E-state index in [0.29, 0.717) is 12.0 Å². The van der Waals surface area contributed by atoms with Gasteiger partial charge in [0, 0.05) is 45.4 Å². The Morgan fingerprint density at radius 3 is 2.46 bits per heavy atom. The normalized spacial score (nSPS) is 21.9.